The Morgan fingerprint density at radius 2 is 2.29 bits per heavy atom. The highest BCUT2D eigenvalue weighted by Crippen LogP contribution is 2.31. The number of hydrogen-bond donors (Lipinski definition) is 2. The Labute approximate surface area is 103 Å². The van der Waals surface area contributed by atoms with E-state index in [0.717, 1.165) is 24.1 Å². The molecule has 17 heavy (non-hydrogen) atoms. The van der Waals surface area contributed by atoms with Crippen LogP contribution in [0.5, 0.6) is 0 Å². The molecule has 0 aromatic carbocycles. The van der Waals surface area contributed by atoms with Gasteiger partial charge >= 0.3 is 0 Å². The van der Waals surface area contributed by atoms with Crippen LogP contribution in [0.3, 0.4) is 0 Å². The average molecular weight is 232 g/mol. The van der Waals surface area contributed by atoms with E-state index in [1.165, 1.54) is 19.3 Å². The molecule has 92 valence electrons. The van der Waals surface area contributed by atoms with Crippen LogP contribution in [0.15, 0.2) is 29.4 Å². The molecule has 0 atom stereocenters. The first kappa shape index (κ1) is 11.9. The maximum Gasteiger partial charge on any atom is 0.191 e. The largest absolute Gasteiger partial charge is 0.356 e. The predicted octanol–water partition coefficient (Wildman–Crippen LogP) is 1.55. The molecule has 0 amide bonds. The van der Waals surface area contributed by atoms with Crippen LogP contribution in [-0.2, 0) is 6.54 Å². The van der Waals surface area contributed by atoms with Gasteiger partial charge in [0, 0.05) is 19.8 Å². The number of nitrogens with one attached hydrogen (secondary N) is 2. The summed E-state index contributed by atoms with van der Waals surface area (Å²) in [6, 6.07) is 5.92. The summed E-state index contributed by atoms with van der Waals surface area (Å²) in [5.74, 6) is 1.81. The summed E-state index contributed by atoms with van der Waals surface area (Å²) in [7, 11) is 1.80. The Hall–Kier alpha value is -1.58. The first-order valence-electron chi connectivity index (χ1n) is 6.23. The molecule has 4 heteroatoms. The van der Waals surface area contributed by atoms with E-state index in [9.17, 15) is 0 Å². The Balaban J connectivity index is 1.68. The minimum absolute atomic E-state index is 0.712. The minimum atomic E-state index is 0.712. The Kier molecular flexibility index (Phi) is 4.36. The van der Waals surface area contributed by atoms with Crippen LogP contribution in [0.1, 0.15) is 25.0 Å². The zero-order valence-corrected chi connectivity index (χ0v) is 10.3. The van der Waals surface area contributed by atoms with Crippen LogP contribution in [-0.4, -0.2) is 24.5 Å². The second kappa shape index (κ2) is 6.23. The number of pyridine rings is 1. The Morgan fingerprint density at radius 3 is 2.94 bits per heavy atom. The van der Waals surface area contributed by atoms with Crippen molar-refractivity contribution < 1.29 is 0 Å². The fourth-order valence-electron chi connectivity index (χ4n) is 1.70. The van der Waals surface area contributed by atoms with Gasteiger partial charge in [-0.05, 0) is 24.5 Å². The first-order valence-corrected chi connectivity index (χ1v) is 6.23. The van der Waals surface area contributed by atoms with Crippen LogP contribution >= 0.6 is 0 Å². The van der Waals surface area contributed by atoms with Gasteiger partial charge in [-0.25, -0.2) is 0 Å². The number of guanidine groups is 1. The van der Waals surface area contributed by atoms with Crippen LogP contribution in [0.25, 0.3) is 0 Å². The molecule has 0 saturated heterocycles. The molecule has 1 heterocycles. The van der Waals surface area contributed by atoms with Crippen molar-refractivity contribution in [1.29, 1.82) is 0 Å². The van der Waals surface area contributed by atoms with Gasteiger partial charge in [-0.2, -0.15) is 0 Å². The predicted molar refractivity (Wildman–Crippen MR) is 69.8 cm³/mol. The molecule has 0 bridgehead atoms. The standard InChI is InChI=1S/C13H20N4/c1-14-13(16-9-7-11-5-6-11)17-10-12-4-2-3-8-15-12/h2-4,8,11H,5-7,9-10H2,1H3,(H2,14,16,17). The number of nitrogens with zero attached hydrogens (tertiary/aromatic N) is 2. The zero-order valence-electron chi connectivity index (χ0n) is 10.3. The summed E-state index contributed by atoms with van der Waals surface area (Å²) in [5, 5.41) is 6.58. The van der Waals surface area contributed by atoms with E-state index in [4.69, 9.17) is 0 Å². The quantitative estimate of drug-likeness (QED) is 0.598. The van der Waals surface area contributed by atoms with E-state index in [1.54, 1.807) is 13.2 Å². The van der Waals surface area contributed by atoms with Crippen LogP contribution in [0, 0.1) is 5.92 Å². The smallest absolute Gasteiger partial charge is 0.191 e. The van der Waals surface area contributed by atoms with Gasteiger partial charge in [0.1, 0.15) is 0 Å². The van der Waals surface area contributed by atoms with E-state index in [-0.39, 0.29) is 0 Å². The van der Waals surface area contributed by atoms with Crippen molar-refractivity contribution in [3.8, 4) is 0 Å². The highest BCUT2D eigenvalue weighted by molar-refractivity contribution is 5.79. The van der Waals surface area contributed by atoms with Gasteiger partial charge in [-0.15, -0.1) is 0 Å². The fourth-order valence-corrected chi connectivity index (χ4v) is 1.70. The molecule has 2 rings (SSSR count). The Morgan fingerprint density at radius 1 is 1.41 bits per heavy atom. The maximum absolute atomic E-state index is 4.26. The fraction of sp³-hybridized carbons (Fsp3) is 0.538. The molecule has 4 nitrogen and oxygen atoms in total. The van der Waals surface area contributed by atoms with Crippen molar-refractivity contribution in [2.75, 3.05) is 13.6 Å². The molecule has 2 N–H and O–H groups in total. The first-order chi connectivity index (χ1) is 8.38. The van der Waals surface area contributed by atoms with Crippen molar-refractivity contribution in [2.45, 2.75) is 25.8 Å². The zero-order chi connectivity index (χ0) is 11.9. The lowest BCUT2D eigenvalue weighted by Gasteiger charge is -2.11. The molecule has 0 unspecified atom stereocenters. The number of aliphatic imine (C=N–C) groups is 1. The molecular formula is C13H20N4. The van der Waals surface area contributed by atoms with Crippen LogP contribution < -0.4 is 10.6 Å². The number of rotatable bonds is 5. The summed E-state index contributed by atoms with van der Waals surface area (Å²) in [4.78, 5) is 8.45. The van der Waals surface area contributed by atoms with Gasteiger partial charge in [-0.3, -0.25) is 9.98 Å². The number of aromatic nitrogens is 1. The molecule has 0 aliphatic heterocycles. The van der Waals surface area contributed by atoms with E-state index < -0.39 is 0 Å². The molecule has 1 aromatic rings. The Bertz CT molecular complexity index is 357. The lowest BCUT2D eigenvalue weighted by molar-refractivity contribution is 0.683. The van der Waals surface area contributed by atoms with Crippen molar-refractivity contribution in [2.24, 2.45) is 10.9 Å². The third-order valence-electron chi connectivity index (χ3n) is 2.93. The normalized spacial score (nSPS) is 15.7. The van der Waals surface area contributed by atoms with Gasteiger partial charge in [0.2, 0.25) is 0 Å². The van der Waals surface area contributed by atoms with E-state index in [0.29, 0.717) is 6.54 Å². The molecular weight excluding hydrogens is 212 g/mol. The molecule has 1 aromatic heterocycles. The van der Waals surface area contributed by atoms with Crippen molar-refractivity contribution in [3.63, 3.8) is 0 Å². The van der Waals surface area contributed by atoms with Crippen LogP contribution in [0.4, 0.5) is 0 Å². The van der Waals surface area contributed by atoms with Gasteiger partial charge in [0.05, 0.1) is 12.2 Å². The van der Waals surface area contributed by atoms with E-state index >= 15 is 0 Å². The summed E-state index contributed by atoms with van der Waals surface area (Å²) in [5.41, 5.74) is 1.03. The highest BCUT2D eigenvalue weighted by atomic mass is 15.2. The SMILES string of the molecule is CN=C(NCCC1CC1)NCc1ccccn1. The second-order valence-electron chi connectivity index (χ2n) is 4.41. The average Bonchev–Trinajstić information content (AvgIpc) is 3.19. The monoisotopic (exact) mass is 232 g/mol. The van der Waals surface area contributed by atoms with Crippen LogP contribution in [0.2, 0.25) is 0 Å². The lowest BCUT2D eigenvalue weighted by Crippen LogP contribution is -2.37. The highest BCUT2D eigenvalue weighted by Gasteiger charge is 2.20. The second-order valence-corrected chi connectivity index (χ2v) is 4.41. The third-order valence-corrected chi connectivity index (χ3v) is 2.93. The third kappa shape index (κ3) is 4.43. The van der Waals surface area contributed by atoms with Crippen molar-refractivity contribution >= 4 is 5.96 Å². The molecule has 0 spiro atoms. The maximum atomic E-state index is 4.26. The topological polar surface area (TPSA) is 49.3 Å². The summed E-state index contributed by atoms with van der Waals surface area (Å²) >= 11 is 0. The van der Waals surface area contributed by atoms with Crippen molar-refractivity contribution in [1.82, 2.24) is 15.6 Å². The molecule has 1 fully saturated rings. The van der Waals surface area contributed by atoms with Crippen molar-refractivity contribution in [3.05, 3.63) is 30.1 Å². The van der Waals surface area contributed by atoms with Gasteiger partial charge in [0.15, 0.2) is 5.96 Å². The molecule has 1 saturated carbocycles. The van der Waals surface area contributed by atoms with Gasteiger partial charge < -0.3 is 10.6 Å². The minimum Gasteiger partial charge on any atom is -0.356 e. The summed E-state index contributed by atoms with van der Waals surface area (Å²) in [6.45, 7) is 1.72. The molecule has 0 radical (unpaired) electrons. The van der Waals surface area contributed by atoms with E-state index in [1.807, 2.05) is 18.2 Å². The number of hydrogen-bond acceptors (Lipinski definition) is 2. The summed E-state index contributed by atoms with van der Waals surface area (Å²) in [6.07, 6.45) is 5.87. The lowest BCUT2D eigenvalue weighted by atomic mass is 10.3. The van der Waals surface area contributed by atoms with E-state index in [2.05, 4.69) is 20.6 Å². The van der Waals surface area contributed by atoms with Gasteiger partial charge in [0.25, 0.3) is 0 Å². The van der Waals surface area contributed by atoms with Gasteiger partial charge in [-0.1, -0.05) is 18.9 Å². The molecule has 1 aliphatic rings. The summed E-state index contributed by atoms with van der Waals surface area (Å²) < 4.78 is 0. The molecule has 1 aliphatic carbocycles.